The lowest BCUT2D eigenvalue weighted by molar-refractivity contribution is -0.116. The Morgan fingerprint density at radius 1 is 1.25 bits per heavy atom. The lowest BCUT2D eigenvalue weighted by atomic mass is 10.2. The summed E-state index contributed by atoms with van der Waals surface area (Å²) in [6.07, 6.45) is 2.41. The zero-order chi connectivity index (χ0) is 16.9. The van der Waals surface area contributed by atoms with Gasteiger partial charge in [0.05, 0.1) is 5.39 Å². The molecule has 24 heavy (non-hydrogen) atoms. The van der Waals surface area contributed by atoms with Crippen LogP contribution in [0.2, 0.25) is 0 Å². The van der Waals surface area contributed by atoms with Crippen molar-refractivity contribution in [1.29, 1.82) is 0 Å². The maximum atomic E-state index is 12.3. The van der Waals surface area contributed by atoms with Gasteiger partial charge in [0.15, 0.2) is 0 Å². The first-order valence-corrected chi connectivity index (χ1v) is 7.68. The van der Waals surface area contributed by atoms with E-state index in [0.717, 1.165) is 5.56 Å². The molecule has 0 radical (unpaired) electrons. The Hall–Kier alpha value is -3.09. The molecule has 2 heterocycles. The van der Waals surface area contributed by atoms with Crippen molar-refractivity contribution in [2.45, 2.75) is 26.3 Å². The summed E-state index contributed by atoms with van der Waals surface area (Å²) in [7, 11) is 0. The molecule has 0 unspecified atom stereocenters. The molecule has 0 aliphatic heterocycles. The van der Waals surface area contributed by atoms with Crippen molar-refractivity contribution in [3.63, 3.8) is 0 Å². The second-order valence-corrected chi connectivity index (χ2v) is 5.51. The van der Waals surface area contributed by atoms with Gasteiger partial charge in [0.2, 0.25) is 5.91 Å². The Bertz CT molecular complexity index is 935. The van der Waals surface area contributed by atoms with Crippen LogP contribution < -0.4 is 10.9 Å². The van der Waals surface area contributed by atoms with E-state index >= 15 is 0 Å². The van der Waals surface area contributed by atoms with Gasteiger partial charge in [-0.25, -0.2) is 9.67 Å². The normalized spacial score (nSPS) is 10.7. The molecule has 7 nitrogen and oxygen atoms in total. The molecule has 0 aliphatic carbocycles. The van der Waals surface area contributed by atoms with Crippen LogP contribution in [0.4, 0.5) is 5.82 Å². The summed E-state index contributed by atoms with van der Waals surface area (Å²) in [5, 5.41) is 11.2. The first-order chi connectivity index (χ1) is 11.6. The smallest absolute Gasteiger partial charge is 0.277 e. The van der Waals surface area contributed by atoms with E-state index < -0.39 is 0 Å². The maximum Gasteiger partial charge on any atom is 0.277 e. The number of carbonyl (C=O) groups is 1. The van der Waals surface area contributed by atoms with E-state index in [9.17, 15) is 9.59 Å². The molecule has 0 aliphatic rings. The fourth-order valence-corrected chi connectivity index (χ4v) is 2.37. The van der Waals surface area contributed by atoms with Crippen molar-refractivity contribution >= 4 is 22.6 Å². The highest BCUT2D eigenvalue weighted by molar-refractivity contribution is 5.89. The van der Waals surface area contributed by atoms with Crippen molar-refractivity contribution in [2.24, 2.45) is 0 Å². The van der Waals surface area contributed by atoms with E-state index in [-0.39, 0.29) is 17.9 Å². The molecule has 7 heteroatoms. The number of amides is 1. The van der Waals surface area contributed by atoms with Gasteiger partial charge in [0, 0.05) is 19.2 Å². The Kier molecular flexibility index (Phi) is 4.60. The third-order valence-electron chi connectivity index (χ3n) is 3.59. The molecule has 1 aromatic carbocycles. The topological polar surface area (TPSA) is 89.8 Å². The first kappa shape index (κ1) is 15.8. The highest BCUT2D eigenvalue weighted by Gasteiger charge is 2.07. The number of pyridine rings is 1. The van der Waals surface area contributed by atoms with Crippen LogP contribution in [0.25, 0.3) is 10.9 Å². The van der Waals surface area contributed by atoms with Gasteiger partial charge in [0.1, 0.15) is 11.3 Å². The SMILES string of the molecule is Cc1ccnc(NC(=O)CCCn2nnc3ccccc3c2=O)c1. The standard InChI is InChI=1S/C17H17N5O2/c1-12-8-9-18-15(11-12)19-16(23)7-4-10-22-17(24)13-5-2-3-6-14(13)20-21-22/h2-3,5-6,8-9,11H,4,7,10H2,1H3,(H,18,19,23). The van der Waals surface area contributed by atoms with Crippen molar-refractivity contribution in [3.05, 3.63) is 58.5 Å². The zero-order valence-corrected chi connectivity index (χ0v) is 13.3. The molecular weight excluding hydrogens is 306 g/mol. The minimum atomic E-state index is -0.193. The lowest BCUT2D eigenvalue weighted by Gasteiger charge is -2.06. The number of carbonyl (C=O) groups excluding carboxylic acids is 1. The molecule has 1 amide bonds. The molecule has 2 aromatic heterocycles. The van der Waals surface area contributed by atoms with Gasteiger partial charge in [-0.05, 0) is 43.2 Å². The van der Waals surface area contributed by atoms with Gasteiger partial charge in [-0.3, -0.25) is 9.59 Å². The molecule has 0 atom stereocenters. The lowest BCUT2D eigenvalue weighted by Crippen LogP contribution is -2.25. The Labute approximate surface area is 138 Å². The number of benzene rings is 1. The zero-order valence-electron chi connectivity index (χ0n) is 13.3. The van der Waals surface area contributed by atoms with Crippen LogP contribution in [-0.2, 0) is 11.3 Å². The minimum Gasteiger partial charge on any atom is -0.311 e. The molecule has 0 saturated carbocycles. The van der Waals surface area contributed by atoms with E-state index in [2.05, 4.69) is 20.6 Å². The van der Waals surface area contributed by atoms with Crippen molar-refractivity contribution < 1.29 is 4.79 Å². The van der Waals surface area contributed by atoms with Crippen LogP contribution in [-0.4, -0.2) is 25.9 Å². The number of fused-ring (bicyclic) bond motifs is 1. The van der Waals surface area contributed by atoms with Gasteiger partial charge in [-0.15, -0.1) is 5.10 Å². The van der Waals surface area contributed by atoms with Crippen LogP contribution >= 0.6 is 0 Å². The summed E-state index contributed by atoms with van der Waals surface area (Å²) in [6, 6.07) is 10.7. The van der Waals surface area contributed by atoms with Crippen LogP contribution in [0, 0.1) is 6.92 Å². The summed E-state index contributed by atoms with van der Waals surface area (Å²) in [5.41, 5.74) is 1.40. The summed E-state index contributed by atoms with van der Waals surface area (Å²) >= 11 is 0. The second-order valence-electron chi connectivity index (χ2n) is 5.51. The van der Waals surface area contributed by atoms with Crippen molar-refractivity contribution in [1.82, 2.24) is 20.0 Å². The van der Waals surface area contributed by atoms with Crippen LogP contribution in [0.5, 0.6) is 0 Å². The van der Waals surface area contributed by atoms with Crippen LogP contribution in [0.15, 0.2) is 47.4 Å². The predicted octanol–water partition coefficient (Wildman–Crippen LogP) is 1.91. The third-order valence-corrected chi connectivity index (χ3v) is 3.59. The van der Waals surface area contributed by atoms with E-state index in [1.165, 1.54) is 4.68 Å². The Morgan fingerprint density at radius 2 is 2.08 bits per heavy atom. The van der Waals surface area contributed by atoms with Gasteiger partial charge in [0.25, 0.3) is 5.56 Å². The maximum absolute atomic E-state index is 12.3. The summed E-state index contributed by atoms with van der Waals surface area (Å²) in [4.78, 5) is 28.3. The number of aromatic nitrogens is 4. The van der Waals surface area contributed by atoms with Crippen molar-refractivity contribution in [3.8, 4) is 0 Å². The predicted molar refractivity (Wildman–Crippen MR) is 90.6 cm³/mol. The van der Waals surface area contributed by atoms with Gasteiger partial charge >= 0.3 is 0 Å². The second kappa shape index (κ2) is 6.99. The number of hydrogen-bond donors (Lipinski definition) is 1. The molecule has 0 fully saturated rings. The van der Waals surface area contributed by atoms with E-state index in [1.807, 2.05) is 19.1 Å². The largest absolute Gasteiger partial charge is 0.311 e. The van der Waals surface area contributed by atoms with E-state index in [1.54, 1.807) is 30.5 Å². The molecule has 0 bridgehead atoms. The summed E-state index contributed by atoms with van der Waals surface area (Å²) in [6.45, 7) is 2.27. The monoisotopic (exact) mass is 323 g/mol. The fraction of sp³-hybridized carbons (Fsp3) is 0.235. The Morgan fingerprint density at radius 3 is 2.92 bits per heavy atom. The average Bonchev–Trinajstić information content (AvgIpc) is 2.57. The average molecular weight is 323 g/mol. The molecule has 0 saturated heterocycles. The summed E-state index contributed by atoms with van der Waals surface area (Å²) in [5.74, 6) is 0.387. The number of rotatable bonds is 5. The quantitative estimate of drug-likeness (QED) is 0.774. The molecule has 3 aromatic rings. The van der Waals surface area contributed by atoms with Crippen LogP contribution in [0.3, 0.4) is 0 Å². The van der Waals surface area contributed by atoms with Crippen molar-refractivity contribution in [2.75, 3.05) is 5.32 Å². The van der Waals surface area contributed by atoms with E-state index in [0.29, 0.717) is 29.7 Å². The van der Waals surface area contributed by atoms with Gasteiger partial charge in [-0.1, -0.05) is 17.3 Å². The van der Waals surface area contributed by atoms with Gasteiger partial charge in [-0.2, -0.15) is 0 Å². The minimum absolute atomic E-state index is 0.144. The number of hydrogen-bond acceptors (Lipinski definition) is 5. The number of nitrogens with zero attached hydrogens (tertiary/aromatic N) is 4. The molecule has 3 rings (SSSR count). The third kappa shape index (κ3) is 3.62. The summed E-state index contributed by atoms with van der Waals surface area (Å²) < 4.78 is 1.29. The number of anilines is 1. The van der Waals surface area contributed by atoms with Gasteiger partial charge < -0.3 is 5.32 Å². The number of aryl methyl sites for hydroxylation is 2. The molecule has 1 N–H and O–H groups in total. The molecule has 122 valence electrons. The van der Waals surface area contributed by atoms with E-state index in [4.69, 9.17) is 0 Å². The highest BCUT2D eigenvalue weighted by Crippen LogP contribution is 2.07. The van der Waals surface area contributed by atoms with Crippen LogP contribution in [0.1, 0.15) is 18.4 Å². The number of nitrogens with one attached hydrogen (secondary N) is 1. The fourth-order valence-electron chi connectivity index (χ4n) is 2.37. The first-order valence-electron chi connectivity index (χ1n) is 7.68. The highest BCUT2D eigenvalue weighted by atomic mass is 16.1. The Balaban J connectivity index is 1.59. The molecule has 0 spiro atoms. The molecular formula is C17H17N5O2.